The van der Waals surface area contributed by atoms with Crippen molar-refractivity contribution in [1.29, 1.82) is 0 Å². The van der Waals surface area contributed by atoms with Gasteiger partial charge in [0, 0.05) is 56.0 Å². The summed E-state index contributed by atoms with van der Waals surface area (Å²) < 4.78 is 7.70. The molecule has 6 rings (SSSR count). The number of carbonyl (C=O) groups excluding carboxylic acids is 1. The van der Waals surface area contributed by atoms with Crippen molar-refractivity contribution in [3.05, 3.63) is 41.6 Å². The number of carbonyl (C=O) groups is 1. The lowest BCUT2D eigenvalue weighted by atomic mass is 9.80. The fourth-order valence-electron chi connectivity index (χ4n) is 6.80. The maximum absolute atomic E-state index is 12.7. The summed E-state index contributed by atoms with van der Waals surface area (Å²) in [5.74, 6) is 1.01. The summed E-state index contributed by atoms with van der Waals surface area (Å²) in [5, 5.41) is 7.24. The lowest BCUT2D eigenvalue weighted by Crippen LogP contribution is -2.52. The van der Waals surface area contributed by atoms with Gasteiger partial charge in [0.25, 0.3) is 5.91 Å². The molecular weight excluding hydrogens is 492 g/mol. The number of nitrogens with zero attached hydrogens (tertiary/aromatic N) is 6. The molecule has 39 heavy (non-hydrogen) atoms. The Kier molecular flexibility index (Phi) is 7.40. The van der Waals surface area contributed by atoms with Crippen molar-refractivity contribution in [2.45, 2.75) is 63.5 Å². The quantitative estimate of drug-likeness (QED) is 0.434. The van der Waals surface area contributed by atoms with Crippen LogP contribution >= 0.6 is 0 Å². The van der Waals surface area contributed by atoms with E-state index in [0.29, 0.717) is 30.0 Å². The van der Waals surface area contributed by atoms with Crippen LogP contribution in [0, 0.1) is 0 Å². The molecule has 0 aromatic carbocycles. The molecule has 3 fully saturated rings. The fourth-order valence-corrected chi connectivity index (χ4v) is 6.80. The molecule has 4 aliphatic rings. The monoisotopic (exact) mass is 532 g/mol. The van der Waals surface area contributed by atoms with Crippen LogP contribution in [0.5, 0.6) is 0 Å². The molecule has 208 valence electrons. The van der Waals surface area contributed by atoms with Gasteiger partial charge in [0.15, 0.2) is 0 Å². The molecule has 1 amide bonds. The van der Waals surface area contributed by atoms with Gasteiger partial charge >= 0.3 is 0 Å². The van der Waals surface area contributed by atoms with Crippen LogP contribution in [0.1, 0.15) is 62.4 Å². The summed E-state index contributed by atoms with van der Waals surface area (Å²) >= 11 is 0. The van der Waals surface area contributed by atoms with Gasteiger partial charge in [-0.05, 0) is 57.5 Å². The summed E-state index contributed by atoms with van der Waals surface area (Å²) in [5.41, 5.74) is 2.58. The van der Waals surface area contributed by atoms with Crippen molar-refractivity contribution in [2.24, 2.45) is 4.99 Å². The molecule has 2 aromatic heterocycles. The number of nitrogens with one attached hydrogen (secondary N) is 2. The number of hydrogen-bond donors (Lipinski definition) is 2. The normalized spacial score (nSPS) is 23.1. The van der Waals surface area contributed by atoms with Crippen molar-refractivity contribution >= 4 is 29.6 Å². The van der Waals surface area contributed by atoms with Gasteiger partial charge in [-0.1, -0.05) is 19.3 Å². The van der Waals surface area contributed by atoms with Crippen LogP contribution in [-0.4, -0.2) is 88.9 Å². The van der Waals surface area contributed by atoms with E-state index < -0.39 is 0 Å². The van der Waals surface area contributed by atoms with E-state index >= 15 is 0 Å². The molecule has 0 unspecified atom stereocenters. The van der Waals surface area contributed by atoms with Gasteiger partial charge in [-0.3, -0.25) is 9.69 Å². The number of morpholine rings is 1. The van der Waals surface area contributed by atoms with Crippen LogP contribution in [0.2, 0.25) is 0 Å². The van der Waals surface area contributed by atoms with E-state index in [1.165, 1.54) is 25.0 Å². The highest BCUT2D eigenvalue weighted by Crippen LogP contribution is 2.40. The van der Waals surface area contributed by atoms with E-state index in [1.807, 2.05) is 12.1 Å². The summed E-state index contributed by atoms with van der Waals surface area (Å²) in [6, 6.07) is 2.58. The molecule has 0 radical (unpaired) electrons. The second-order valence-corrected chi connectivity index (χ2v) is 11.3. The van der Waals surface area contributed by atoms with E-state index in [0.717, 1.165) is 76.1 Å². The zero-order chi connectivity index (χ0) is 26.8. The number of allylic oxidation sites excluding steroid dienone is 3. The van der Waals surface area contributed by atoms with Crippen molar-refractivity contribution < 1.29 is 9.53 Å². The number of hydrogen-bond acceptors (Lipinski definition) is 8. The first-order valence-corrected chi connectivity index (χ1v) is 14.4. The third kappa shape index (κ3) is 5.19. The molecule has 10 nitrogen and oxygen atoms in total. The van der Waals surface area contributed by atoms with Gasteiger partial charge in [0.05, 0.1) is 18.8 Å². The number of rotatable bonds is 6. The first-order chi connectivity index (χ1) is 19.1. The van der Waals surface area contributed by atoms with E-state index in [2.05, 4.69) is 54.7 Å². The van der Waals surface area contributed by atoms with Gasteiger partial charge < -0.3 is 24.8 Å². The molecule has 0 bridgehead atoms. The number of ether oxygens (including phenoxy) is 1. The Bertz CT molecular complexity index is 1280. The smallest absolute Gasteiger partial charge is 0.268 e. The van der Waals surface area contributed by atoms with Crippen LogP contribution in [-0.2, 0) is 10.3 Å². The number of anilines is 1. The Balaban J connectivity index is 1.17. The molecule has 0 atom stereocenters. The van der Waals surface area contributed by atoms with Crippen molar-refractivity contribution in [1.82, 2.24) is 29.7 Å². The Morgan fingerprint density at radius 1 is 1.18 bits per heavy atom. The topological polar surface area (TPSA) is 99.9 Å². The molecule has 3 aliphatic heterocycles. The van der Waals surface area contributed by atoms with Crippen LogP contribution in [0.3, 0.4) is 0 Å². The zero-order valence-electron chi connectivity index (χ0n) is 23.0. The second kappa shape index (κ2) is 11.1. The molecule has 2 saturated heterocycles. The number of piperidine rings is 1. The molecular formula is C29H40N8O2. The van der Waals surface area contributed by atoms with E-state index in [-0.39, 0.29) is 11.4 Å². The molecule has 10 heteroatoms. The first-order valence-electron chi connectivity index (χ1n) is 14.4. The summed E-state index contributed by atoms with van der Waals surface area (Å²) in [4.78, 5) is 31.3. The first kappa shape index (κ1) is 26.0. The minimum absolute atomic E-state index is 0.0401. The minimum atomic E-state index is -0.112. The Labute approximate surface area is 230 Å². The van der Waals surface area contributed by atoms with Crippen LogP contribution in [0.4, 0.5) is 5.95 Å². The number of likely N-dealkylation sites (tertiary alicyclic amines) is 1. The predicted octanol–water partition coefficient (Wildman–Crippen LogP) is 3.49. The number of aromatic nitrogens is 3. The maximum Gasteiger partial charge on any atom is 0.268 e. The second-order valence-electron chi connectivity index (χ2n) is 11.3. The fraction of sp³-hybridized carbons (Fsp3) is 0.586. The Morgan fingerprint density at radius 3 is 2.69 bits per heavy atom. The van der Waals surface area contributed by atoms with E-state index in [1.54, 1.807) is 6.20 Å². The van der Waals surface area contributed by atoms with Crippen molar-refractivity contribution in [3.63, 3.8) is 0 Å². The zero-order valence-corrected chi connectivity index (χ0v) is 23.0. The highest BCUT2D eigenvalue weighted by atomic mass is 16.5. The summed E-state index contributed by atoms with van der Waals surface area (Å²) in [6.45, 7) is 12.5. The van der Waals surface area contributed by atoms with Crippen LogP contribution in [0.25, 0.3) is 11.0 Å². The standard InChI is InChI=1S/C29H40N8O2/c1-21(35-12-8-23(9-13-35)36-14-16-39-17-15-36)6-7-25(30-2)33-28-31-19-22-18-24-27(38)32-20-29(10-4-3-5-11-29)37(24)26(22)34-28/h6-7,18-19,23H,2-5,8-17,20H2,1H3,(H,32,38)(H,31,33,34)/b21-6+,25-7+. The number of aliphatic imine (C=N–C) groups is 1. The minimum Gasteiger partial charge on any atom is -0.379 e. The predicted molar refractivity (Wildman–Crippen MR) is 153 cm³/mol. The average molecular weight is 533 g/mol. The summed E-state index contributed by atoms with van der Waals surface area (Å²) in [6.07, 6.45) is 13.8. The third-order valence-electron chi connectivity index (χ3n) is 9.03. The SMILES string of the molecule is C=N/C(=C\C=C(/C)N1CCC(N2CCOCC2)CC1)Nc1ncc2cc3n(c2n1)C1(CCCCC1)CNC3=O. The summed E-state index contributed by atoms with van der Waals surface area (Å²) in [7, 11) is 0. The highest BCUT2D eigenvalue weighted by molar-refractivity contribution is 5.99. The molecule has 1 saturated carbocycles. The molecule has 1 aliphatic carbocycles. The molecule has 5 heterocycles. The van der Waals surface area contributed by atoms with Gasteiger partial charge in [0.2, 0.25) is 5.95 Å². The lowest BCUT2D eigenvalue weighted by molar-refractivity contribution is 0.00344. The van der Waals surface area contributed by atoms with Crippen LogP contribution in [0.15, 0.2) is 40.9 Å². The maximum atomic E-state index is 12.7. The average Bonchev–Trinajstić information content (AvgIpc) is 3.39. The molecule has 2 aromatic rings. The Morgan fingerprint density at radius 2 is 1.95 bits per heavy atom. The van der Waals surface area contributed by atoms with Crippen molar-refractivity contribution in [3.8, 4) is 0 Å². The van der Waals surface area contributed by atoms with Gasteiger partial charge in [-0.25, -0.2) is 9.98 Å². The number of fused-ring (bicyclic) bond motifs is 4. The van der Waals surface area contributed by atoms with Gasteiger partial charge in [-0.2, -0.15) is 4.98 Å². The molecule has 2 N–H and O–H groups in total. The Hall–Kier alpha value is -3.24. The third-order valence-corrected chi connectivity index (χ3v) is 9.03. The number of amides is 1. The van der Waals surface area contributed by atoms with Gasteiger partial charge in [0.1, 0.15) is 17.2 Å². The van der Waals surface area contributed by atoms with E-state index in [4.69, 9.17) is 9.72 Å². The van der Waals surface area contributed by atoms with Crippen molar-refractivity contribution in [2.75, 3.05) is 51.3 Å². The molecule has 1 spiro atoms. The van der Waals surface area contributed by atoms with Gasteiger partial charge in [-0.15, -0.1) is 0 Å². The van der Waals surface area contributed by atoms with Crippen LogP contribution < -0.4 is 10.6 Å². The van der Waals surface area contributed by atoms with E-state index in [9.17, 15) is 4.79 Å². The lowest BCUT2D eigenvalue weighted by Gasteiger charge is -2.42. The largest absolute Gasteiger partial charge is 0.379 e. The highest BCUT2D eigenvalue weighted by Gasteiger charge is 2.41.